The second kappa shape index (κ2) is 18.0. The van der Waals surface area contributed by atoms with E-state index in [0.29, 0.717) is 55.0 Å². The van der Waals surface area contributed by atoms with Crippen LogP contribution in [0.5, 0.6) is 11.5 Å². The Morgan fingerprint density at radius 3 is 2.21 bits per heavy atom. The molecule has 14 heteroatoms. The fourth-order valence-corrected chi connectivity index (χ4v) is 7.64. The number of anilines is 1. The Hall–Kier alpha value is -6.55. The average molecular weight is 862 g/mol. The molecule has 3 atom stereocenters. The second-order valence-electron chi connectivity index (χ2n) is 15.7. The van der Waals surface area contributed by atoms with E-state index in [1.807, 2.05) is 36.4 Å². The van der Waals surface area contributed by atoms with E-state index in [9.17, 15) is 19.2 Å². The molecule has 5 aromatic rings. The maximum Gasteiger partial charge on any atom is 0.411 e. The predicted octanol–water partition coefficient (Wildman–Crippen LogP) is 8.75. The van der Waals surface area contributed by atoms with Gasteiger partial charge in [0, 0.05) is 34.0 Å². The number of methoxy groups -OCH3 is 1. The van der Waals surface area contributed by atoms with Crippen LogP contribution >= 0.6 is 23.2 Å². The molecule has 0 saturated heterocycles. The van der Waals surface area contributed by atoms with Crippen molar-refractivity contribution >= 4 is 52.8 Å². The zero-order valence-electron chi connectivity index (χ0n) is 33.8. The molecular weight excluding hydrogens is 819 g/mol. The third-order valence-electron chi connectivity index (χ3n) is 10.3. The molecule has 3 amide bonds. The van der Waals surface area contributed by atoms with Crippen LogP contribution in [-0.4, -0.2) is 53.6 Å². The summed E-state index contributed by atoms with van der Waals surface area (Å²) in [4.78, 5) is 55.8. The van der Waals surface area contributed by atoms with Gasteiger partial charge in [0.05, 0.1) is 31.0 Å². The molecule has 0 fully saturated rings. The lowest BCUT2D eigenvalue weighted by molar-refractivity contribution is -0.145. The second-order valence-corrected chi connectivity index (χ2v) is 16.5. The number of hydrogen-bond donors (Lipinski definition) is 2. The molecule has 7 rings (SSSR count). The van der Waals surface area contributed by atoms with Gasteiger partial charge < -0.3 is 29.6 Å². The Balaban J connectivity index is 1.08. The largest absolute Gasteiger partial charge is 0.489 e. The number of rotatable bonds is 10. The summed E-state index contributed by atoms with van der Waals surface area (Å²) in [5.74, 6) is -0.701. The highest BCUT2D eigenvalue weighted by Gasteiger charge is 2.40. The van der Waals surface area contributed by atoms with Gasteiger partial charge in [-0.3, -0.25) is 14.5 Å². The summed E-state index contributed by atoms with van der Waals surface area (Å²) in [6, 6.07) is 30.3. The van der Waals surface area contributed by atoms with Crippen LogP contribution in [-0.2, 0) is 49.9 Å². The minimum atomic E-state index is -1.08. The molecule has 0 saturated carbocycles. The van der Waals surface area contributed by atoms with Gasteiger partial charge in [0.1, 0.15) is 35.8 Å². The fraction of sp³-hybridized carbons (Fsp3) is 0.255. The van der Waals surface area contributed by atoms with Gasteiger partial charge in [-0.1, -0.05) is 77.8 Å². The van der Waals surface area contributed by atoms with Crippen LogP contribution in [0.2, 0.25) is 10.0 Å². The van der Waals surface area contributed by atoms with Gasteiger partial charge in [-0.25, -0.2) is 9.59 Å². The van der Waals surface area contributed by atoms with Crippen molar-refractivity contribution in [1.82, 2.24) is 10.2 Å². The SMILES string of the molecule is COC(=O)[C@H](Cc1ccc(-c2ccc(C#N)cc2)cc1)NC(=O)C1Cc2cc3c(cc2CN1C(=O)OC(C)(C)C)OC(c1ccc(OCc2c(Cl)cccc2Cl)cc1)C(=O)N3. The van der Waals surface area contributed by atoms with E-state index in [4.69, 9.17) is 47.4 Å². The third kappa shape index (κ3) is 9.92. The summed E-state index contributed by atoms with van der Waals surface area (Å²) in [6.45, 7) is 5.34. The molecule has 0 aliphatic carbocycles. The summed E-state index contributed by atoms with van der Waals surface area (Å²) in [5, 5.41) is 15.9. The molecule has 2 heterocycles. The van der Waals surface area contributed by atoms with Gasteiger partial charge >= 0.3 is 12.1 Å². The molecule has 0 aromatic heterocycles. The highest BCUT2D eigenvalue weighted by Crippen LogP contribution is 2.40. The molecule has 0 radical (unpaired) electrons. The molecule has 312 valence electrons. The first-order valence-electron chi connectivity index (χ1n) is 19.5. The maximum atomic E-state index is 14.2. The summed E-state index contributed by atoms with van der Waals surface area (Å²) < 4.78 is 23.0. The lowest BCUT2D eigenvalue weighted by Gasteiger charge is -2.38. The van der Waals surface area contributed by atoms with E-state index in [1.54, 1.807) is 87.5 Å². The van der Waals surface area contributed by atoms with E-state index >= 15 is 0 Å². The Labute approximate surface area is 363 Å². The normalized spacial score (nSPS) is 16.1. The Kier molecular flexibility index (Phi) is 12.5. The van der Waals surface area contributed by atoms with Gasteiger partial charge in [0.15, 0.2) is 0 Å². The molecular formula is C47H42Cl2N4O8. The number of nitrogens with zero attached hydrogens (tertiary/aromatic N) is 2. The van der Waals surface area contributed by atoms with Gasteiger partial charge in [-0.05, 0) is 97.1 Å². The summed E-state index contributed by atoms with van der Waals surface area (Å²) in [5.41, 5.74) is 5.34. The van der Waals surface area contributed by atoms with Gasteiger partial charge in [0.2, 0.25) is 12.0 Å². The van der Waals surface area contributed by atoms with Crippen molar-refractivity contribution in [3.05, 3.63) is 147 Å². The van der Waals surface area contributed by atoms with Crippen molar-refractivity contribution in [2.75, 3.05) is 12.4 Å². The van der Waals surface area contributed by atoms with Crippen molar-refractivity contribution < 1.29 is 38.1 Å². The lowest BCUT2D eigenvalue weighted by atomic mass is 9.91. The zero-order chi connectivity index (χ0) is 43.4. The zero-order valence-corrected chi connectivity index (χ0v) is 35.3. The minimum absolute atomic E-state index is 0.0151. The van der Waals surface area contributed by atoms with Crippen molar-refractivity contribution in [1.29, 1.82) is 5.26 Å². The number of esters is 1. The number of fused-ring (bicyclic) bond motifs is 2. The van der Waals surface area contributed by atoms with Crippen LogP contribution in [0.25, 0.3) is 11.1 Å². The first kappa shape index (κ1) is 42.6. The van der Waals surface area contributed by atoms with Crippen molar-refractivity contribution in [2.45, 2.75) is 70.6 Å². The monoisotopic (exact) mass is 860 g/mol. The molecule has 0 bridgehead atoms. The standard InChI is InChI=1S/C47H42Cl2N4O8/c1-47(2,3)61-46(57)53-25-33-23-41-38(51-44(55)42(60-41)31-16-18-34(19-17-31)59-26-35-36(48)6-5-7-37(35)49)21-32(33)22-40(53)43(54)52-39(45(56)58-4)20-27-8-12-29(13-9-27)30-14-10-28(24-50)11-15-30/h5-19,21,23,39-40,42H,20,22,25-26H2,1-4H3,(H,51,55)(H,52,54)/t39-,40?,42?/m0/s1. The van der Waals surface area contributed by atoms with Crippen LogP contribution in [0, 0.1) is 11.3 Å². The number of carbonyl (C=O) groups is 4. The predicted molar refractivity (Wildman–Crippen MR) is 229 cm³/mol. The Morgan fingerprint density at radius 2 is 1.59 bits per heavy atom. The number of amides is 3. The smallest absolute Gasteiger partial charge is 0.411 e. The molecule has 61 heavy (non-hydrogen) atoms. The molecule has 12 nitrogen and oxygen atoms in total. The topological polar surface area (TPSA) is 156 Å². The summed E-state index contributed by atoms with van der Waals surface area (Å²) >= 11 is 12.6. The average Bonchev–Trinajstić information content (AvgIpc) is 3.24. The lowest BCUT2D eigenvalue weighted by Crippen LogP contribution is -2.56. The van der Waals surface area contributed by atoms with Gasteiger partial charge in [0.25, 0.3) is 5.91 Å². The van der Waals surface area contributed by atoms with Crippen LogP contribution in [0.15, 0.2) is 103 Å². The quantitative estimate of drug-likeness (QED) is 0.131. The molecule has 2 aliphatic rings. The number of hydrogen-bond acceptors (Lipinski definition) is 9. The van der Waals surface area contributed by atoms with Crippen molar-refractivity contribution in [3.8, 4) is 28.7 Å². The van der Waals surface area contributed by atoms with E-state index in [-0.39, 0.29) is 26.0 Å². The number of nitriles is 1. The first-order valence-corrected chi connectivity index (χ1v) is 20.2. The highest BCUT2D eigenvalue weighted by atomic mass is 35.5. The third-order valence-corrected chi connectivity index (χ3v) is 11.0. The number of carbonyl (C=O) groups excluding carboxylic acids is 4. The van der Waals surface area contributed by atoms with E-state index in [2.05, 4.69) is 16.7 Å². The number of ether oxygens (including phenoxy) is 4. The Morgan fingerprint density at radius 1 is 0.934 bits per heavy atom. The van der Waals surface area contributed by atoms with Gasteiger partial charge in [-0.2, -0.15) is 5.26 Å². The minimum Gasteiger partial charge on any atom is -0.489 e. The van der Waals surface area contributed by atoms with E-state index < -0.39 is 47.7 Å². The molecule has 0 spiro atoms. The maximum absolute atomic E-state index is 14.2. The van der Waals surface area contributed by atoms with Gasteiger partial charge in [-0.15, -0.1) is 0 Å². The molecule has 2 N–H and O–H groups in total. The Bertz CT molecular complexity index is 2500. The van der Waals surface area contributed by atoms with Crippen LogP contribution in [0.1, 0.15) is 60.3 Å². The summed E-state index contributed by atoms with van der Waals surface area (Å²) in [7, 11) is 1.24. The first-order chi connectivity index (χ1) is 29.2. The summed E-state index contributed by atoms with van der Waals surface area (Å²) in [6.07, 6.45) is -1.52. The number of benzene rings is 5. The van der Waals surface area contributed by atoms with Crippen molar-refractivity contribution in [3.63, 3.8) is 0 Å². The van der Waals surface area contributed by atoms with Crippen LogP contribution < -0.4 is 20.1 Å². The number of nitrogens with one attached hydrogen (secondary N) is 2. The molecule has 2 aliphatic heterocycles. The van der Waals surface area contributed by atoms with Crippen LogP contribution in [0.3, 0.4) is 0 Å². The highest BCUT2D eigenvalue weighted by molar-refractivity contribution is 6.36. The fourth-order valence-electron chi connectivity index (χ4n) is 7.13. The molecule has 5 aromatic carbocycles. The van der Waals surface area contributed by atoms with Crippen LogP contribution in [0.4, 0.5) is 10.5 Å². The number of halogens is 2. The van der Waals surface area contributed by atoms with E-state index in [0.717, 1.165) is 16.7 Å². The molecule has 2 unspecified atom stereocenters. The van der Waals surface area contributed by atoms with E-state index in [1.165, 1.54) is 12.0 Å². The van der Waals surface area contributed by atoms with Crippen molar-refractivity contribution in [2.24, 2.45) is 0 Å².